The van der Waals surface area contributed by atoms with Crippen LogP contribution in [0.1, 0.15) is 11.3 Å². The van der Waals surface area contributed by atoms with E-state index in [1.807, 2.05) is 12.3 Å². The summed E-state index contributed by atoms with van der Waals surface area (Å²) in [4.78, 5) is 14.8. The van der Waals surface area contributed by atoms with E-state index in [2.05, 4.69) is 19.9 Å². The van der Waals surface area contributed by atoms with Gasteiger partial charge in [0.25, 0.3) is 0 Å². The first-order valence-electron chi connectivity index (χ1n) is 6.00. The molecule has 0 amide bonds. The van der Waals surface area contributed by atoms with Crippen LogP contribution in [0.3, 0.4) is 0 Å². The van der Waals surface area contributed by atoms with Gasteiger partial charge in [0, 0.05) is 31.3 Å². The summed E-state index contributed by atoms with van der Waals surface area (Å²) in [6, 6.07) is 1.88. The first kappa shape index (κ1) is 12.2. The molecular formula is C13H13ClN4O. The minimum atomic E-state index is 0.450. The summed E-state index contributed by atoms with van der Waals surface area (Å²) >= 11 is 6.11. The number of halogens is 1. The average molecular weight is 277 g/mol. The van der Waals surface area contributed by atoms with E-state index in [1.165, 1.54) is 0 Å². The minimum Gasteiger partial charge on any atom is -0.480 e. The van der Waals surface area contributed by atoms with E-state index in [0.717, 1.165) is 36.5 Å². The molecule has 0 spiro atoms. The Morgan fingerprint density at radius 2 is 2.21 bits per heavy atom. The van der Waals surface area contributed by atoms with Crippen molar-refractivity contribution in [2.75, 3.05) is 18.6 Å². The maximum Gasteiger partial charge on any atom is 0.232 e. The third-order valence-electron chi connectivity index (χ3n) is 3.21. The van der Waals surface area contributed by atoms with Crippen LogP contribution < -0.4 is 9.64 Å². The SMILES string of the molecule is COc1ncc(N2CCc3ncncc3C2)cc1Cl. The third kappa shape index (κ3) is 2.33. The van der Waals surface area contributed by atoms with Crippen molar-refractivity contribution in [2.24, 2.45) is 0 Å². The number of hydrogen-bond donors (Lipinski definition) is 0. The van der Waals surface area contributed by atoms with Crippen molar-refractivity contribution < 1.29 is 4.74 Å². The molecule has 1 aliphatic rings. The summed E-state index contributed by atoms with van der Waals surface area (Å²) in [5, 5.41) is 0.523. The highest BCUT2D eigenvalue weighted by molar-refractivity contribution is 6.32. The van der Waals surface area contributed by atoms with E-state index in [1.54, 1.807) is 19.6 Å². The summed E-state index contributed by atoms with van der Waals surface area (Å²) < 4.78 is 5.06. The van der Waals surface area contributed by atoms with E-state index in [0.29, 0.717) is 10.9 Å². The van der Waals surface area contributed by atoms with Gasteiger partial charge in [-0.15, -0.1) is 0 Å². The van der Waals surface area contributed by atoms with Gasteiger partial charge in [0.2, 0.25) is 5.88 Å². The van der Waals surface area contributed by atoms with Crippen molar-refractivity contribution >= 4 is 17.3 Å². The van der Waals surface area contributed by atoms with E-state index in [9.17, 15) is 0 Å². The van der Waals surface area contributed by atoms with Gasteiger partial charge in [-0.2, -0.15) is 0 Å². The molecule has 0 radical (unpaired) electrons. The van der Waals surface area contributed by atoms with Gasteiger partial charge in [-0.3, -0.25) is 0 Å². The Bertz CT molecular complexity index is 605. The van der Waals surface area contributed by atoms with E-state index < -0.39 is 0 Å². The van der Waals surface area contributed by atoms with Crippen LogP contribution in [0.15, 0.2) is 24.8 Å². The van der Waals surface area contributed by atoms with Crippen LogP contribution in [0.4, 0.5) is 5.69 Å². The second-order valence-corrected chi connectivity index (χ2v) is 4.76. The van der Waals surface area contributed by atoms with Gasteiger partial charge in [-0.1, -0.05) is 11.6 Å². The normalized spacial score (nSPS) is 14.1. The second kappa shape index (κ2) is 5.01. The number of anilines is 1. The van der Waals surface area contributed by atoms with Crippen molar-refractivity contribution in [3.8, 4) is 5.88 Å². The largest absolute Gasteiger partial charge is 0.480 e. The molecular weight excluding hydrogens is 264 g/mol. The lowest BCUT2D eigenvalue weighted by atomic mass is 10.1. The number of rotatable bonds is 2. The molecule has 0 atom stereocenters. The average Bonchev–Trinajstić information content (AvgIpc) is 2.46. The van der Waals surface area contributed by atoms with Gasteiger partial charge < -0.3 is 9.64 Å². The first-order chi connectivity index (χ1) is 9.28. The second-order valence-electron chi connectivity index (χ2n) is 4.35. The molecule has 0 saturated carbocycles. The lowest BCUT2D eigenvalue weighted by molar-refractivity contribution is 0.398. The number of methoxy groups -OCH3 is 1. The first-order valence-corrected chi connectivity index (χ1v) is 6.38. The summed E-state index contributed by atoms with van der Waals surface area (Å²) in [5.41, 5.74) is 3.26. The lowest BCUT2D eigenvalue weighted by Gasteiger charge is -2.29. The van der Waals surface area contributed by atoms with Gasteiger partial charge in [0.05, 0.1) is 24.7 Å². The molecule has 19 heavy (non-hydrogen) atoms. The molecule has 98 valence electrons. The molecule has 1 aliphatic heterocycles. The Morgan fingerprint density at radius 1 is 1.32 bits per heavy atom. The molecule has 0 aliphatic carbocycles. The maximum atomic E-state index is 6.11. The molecule has 6 heteroatoms. The van der Waals surface area contributed by atoms with Gasteiger partial charge in [0.15, 0.2) is 0 Å². The van der Waals surface area contributed by atoms with Gasteiger partial charge in [-0.05, 0) is 6.07 Å². The van der Waals surface area contributed by atoms with Crippen LogP contribution in [0, 0.1) is 0 Å². The van der Waals surface area contributed by atoms with Crippen LogP contribution in [-0.2, 0) is 13.0 Å². The van der Waals surface area contributed by atoms with Crippen LogP contribution in [0.5, 0.6) is 5.88 Å². The summed E-state index contributed by atoms with van der Waals surface area (Å²) in [6.07, 6.45) is 6.15. The maximum absolute atomic E-state index is 6.11. The zero-order valence-electron chi connectivity index (χ0n) is 10.5. The molecule has 0 fully saturated rings. The number of ether oxygens (including phenoxy) is 1. The number of nitrogens with zero attached hydrogens (tertiary/aromatic N) is 4. The fraction of sp³-hybridized carbons (Fsp3) is 0.308. The third-order valence-corrected chi connectivity index (χ3v) is 3.48. The fourth-order valence-corrected chi connectivity index (χ4v) is 2.46. The minimum absolute atomic E-state index is 0.450. The Labute approximate surface area is 116 Å². The number of hydrogen-bond acceptors (Lipinski definition) is 5. The van der Waals surface area contributed by atoms with Gasteiger partial charge in [0.1, 0.15) is 11.3 Å². The quantitative estimate of drug-likeness (QED) is 0.841. The number of pyridine rings is 1. The molecule has 3 rings (SSSR count). The molecule has 0 bridgehead atoms. The summed E-state index contributed by atoms with van der Waals surface area (Å²) in [5.74, 6) is 0.450. The molecule has 0 N–H and O–H groups in total. The van der Waals surface area contributed by atoms with Gasteiger partial charge in [-0.25, -0.2) is 15.0 Å². The molecule has 2 aromatic heterocycles. The zero-order chi connectivity index (χ0) is 13.2. The monoisotopic (exact) mass is 276 g/mol. The van der Waals surface area contributed by atoms with E-state index in [4.69, 9.17) is 16.3 Å². The smallest absolute Gasteiger partial charge is 0.232 e. The van der Waals surface area contributed by atoms with Gasteiger partial charge >= 0.3 is 0 Å². The predicted molar refractivity (Wildman–Crippen MR) is 72.6 cm³/mol. The zero-order valence-corrected chi connectivity index (χ0v) is 11.3. The van der Waals surface area contributed by atoms with Crippen molar-refractivity contribution in [3.63, 3.8) is 0 Å². The van der Waals surface area contributed by atoms with Crippen LogP contribution in [0.25, 0.3) is 0 Å². The highest BCUT2D eigenvalue weighted by Crippen LogP contribution is 2.28. The van der Waals surface area contributed by atoms with Crippen molar-refractivity contribution in [3.05, 3.63) is 41.1 Å². The summed E-state index contributed by atoms with van der Waals surface area (Å²) in [6.45, 7) is 1.68. The molecule has 0 unspecified atom stereocenters. The van der Waals surface area contributed by atoms with E-state index >= 15 is 0 Å². The molecule has 3 heterocycles. The molecule has 2 aromatic rings. The van der Waals surface area contributed by atoms with Crippen LogP contribution >= 0.6 is 11.6 Å². The Kier molecular flexibility index (Phi) is 3.21. The Hall–Kier alpha value is -1.88. The highest BCUT2D eigenvalue weighted by Gasteiger charge is 2.18. The predicted octanol–water partition coefficient (Wildman–Crippen LogP) is 2.10. The number of fused-ring (bicyclic) bond motifs is 1. The Balaban J connectivity index is 1.87. The van der Waals surface area contributed by atoms with Crippen LogP contribution in [-0.4, -0.2) is 28.6 Å². The van der Waals surface area contributed by atoms with Crippen molar-refractivity contribution in [1.82, 2.24) is 15.0 Å². The Morgan fingerprint density at radius 3 is 3.00 bits per heavy atom. The molecule has 0 aromatic carbocycles. The number of aromatic nitrogens is 3. The standard InChI is InChI=1S/C13H13ClN4O/c1-19-13-11(14)4-10(6-16-13)18-3-2-12-9(7-18)5-15-8-17-12/h4-6,8H,2-3,7H2,1H3. The van der Waals surface area contributed by atoms with Crippen LogP contribution in [0.2, 0.25) is 5.02 Å². The summed E-state index contributed by atoms with van der Waals surface area (Å²) in [7, 11) is 1.56. The molecule has 5 nitrogen and oxygen atoms in total. The fourth-order valence-electron chi connectivity index (χ4n) is 2.23. The van der Waals surface area contributed by atoms with E-state index in [-0.39, 0.29) is 0 Å². The van der Waals surface area contributed by atoms with Crippen molar-refractivity contribution in [1.29, 1.82) is 0 Å². The lowest BCUT2D eigenvalue weighted by Crippen LogP contribution is -2.31. The topological polar surface area (TPSA) is 51.1 Å². The molecule has 0 saturated heterocycles. The van der Waals surface area contributed by atoms with Crippen molar-refractivity contribution in [2.45, 2.75) is 13.0 Å². The highest BCUT2D eigenvalue weighted by atomic mass is 35.5.